The van der Waals surface area contributed by atoms with E-state index in [0.717, 1.165) is 25.9 Å². The van der Waals surface area contributed by atoms with Gasteiger partial charge in [0.15, 0.2) is 5.84 Å². The maximum atomic E-state index is 12.2. The van der Waals surface area contributed by atoms with Crippen LogP contribution in [0.25, 0.3) is 0 Å². The predicted molar refractivity (Wildman–Crippen MR) is 72.9 cm³/mol. The van der Waals surface area contributed by atoms with Gasteiger partial charge in [-0.2, -0.15) is 0 Å². The summed E-state index contributed by atoms with van der Waals surface area (Å²) >= 11 is 0. The van der Waals surface area contributed by atoms with Crippen LogP contribution < -0.4 is 11.1 Å². The molecule has 19 heavy (non-hydrogen) atoms. The van der Waals surface area contributed by atoms with Gasteiger partial charge < -0.3 is 21.2 Å². The third-order valence-electron chi connectivity index (χ3n) is 4.65. The second-order valence-corrected chi connectivity index (χ2v) is 6.36. The van der Waals surface area contributed by atoms with Gasteiger partial charge in [0.1, 0.15) is 5.41 Å². The molecule has 6 heteroatoms. The molecule has 0 aromatic heterocycles. The molecular weight excluding hydrogens is 244 g/mol. The molecule has 0 unspecified atom stereocenters. The van der Waals surface area contributed by atoms with Crippen LogP contribution in [0.1, 0.15) is 32.6 Å². The lowest BCUT2D eigenvalue weighted by atomic mass is 9.80. The molecule has 0 atom stereocenters. The van der Waals surface area contributed by atoms with Crippen LogP contribution in [-0.4, -0.2) is 48.5 Å². The Morgan fingerprint density at radius 2 is 1.95 bits per heavy atom. The van der Waals surface area contributed by atoms with E-state index in [4.69, 9.17) is 10.9 Å². The highest BCUT2D eigenvalue weighted by atomic mass is 16.4. The largest absolute Gasteiger partial charge is 0.409 e. The van der Waals surface area contributed by atoms with Gasteiger partial charge in [0, 0.05) is 6.54 Å². The third-order valence-corrected chi connectivity index (χ3v) is 4.65. The lowest BCUT2D eigenvalue weighted by Crippen LogP contribution is -2.47. The third kappa shape index (κ3) is 2.83. The van der Waals surface area contributed by atoms with E-state index in [1.807, 2.05) is 0 Å². The average Bonchev–Trinajstić information content (AvgIpc) is 3.21. The predicted octanol–water partition coefficient (Wildman–Crippen LogP) is 0.361. The normalized spacial score (nSPS) is 25.9. The molecule has 2 rings (SSSR count). The van der Waals surface area contributed by atoms with Crippen LogP contribution in [-0.2, 0) is 4.79 Å². The number of oxime groups is 1. The molecule has 2 aliphatic rings. The highest BCUT2D eigenvalue weighted by Gasteiger charge is 2.54. The molecule has 0 aromatic rings. The van der Waals surface area contributed by atoms with Gasteiger partial charge >= 0.3 is 0 Å². The molecule has 4 N–H and O–H groups in total. The first-order valence-corrected chi connectivity index (χ1v) is 6.87. The smallest absolute Gasteiger partial charge is 0.233 e. The number of nitrogens with zero attached hydrogens (tertiary/aromatic N) is 2. The van der Waals surface area contributed by atoms with Gasteiger partial charge in [0.05, 0.1) is 0 Å². The molecule has 0 spiro atoms. The maximum Gasteiger partial charge on any atom is 0.233 e. The van der Waals surface area contributed by atoms with Crippen molar-refractivity contribution in [2.75, 3.05) is 26.7 Å². The molecule has 0 bridgehead atoms. The van der Waals surface area contributed by atoms with E-state index in [1.54, 1.807) is 0 Å². The van der Waals surface area contributed by atoms with E-state index in [1.165, 1.54) is 0 Å². The number of hydrogen-bond donors (Lipinski definition) is 3. The van der Waals surface area contributed by atoms with Gasteiger partial charge in [-0.1, -0.05) is 12.1 Å². The van der Waals surface area contributed by atoms with Gasteiger partial charge in [-0.15, -0.1) is 0 Å². The molecule has 108 valence electrons. The molecule has 1 saturated heterocycles. The Morgan fingerprint density at radius 3 is 2.42 bits per heavy atom. The number of likely N-dealkylation sites (tertiary alicyclic amines) is 1. The molecule has 6 nitrogen and oxygen atoms in total. The fraction of sp³-hybridized carbons (Fsp3) is 0.846. The lowest BCUT2D eigenvalue weighted by Gasteiger charge is -2.38. The SMILES string of the molecule is CN1CCC(C)(CNC(=O)C2(C(N)=NO)CC2)CC1. The molecule has 1 saturated carbocycles. The lowest BCUT2D eigenvalue weighted by molar-refractivity contribution is -0.124. The Hall–Kier alpha value is -1.30. The number of amidine groups is 1. The number of piperidine rings is 1. The number of nitrogens with two attached hydrogens (primary N) is 1. The zero-order valence-corrected chi connectivity index (χ0v) is 11.8. The molecule has 1 amide bonds. The number of rotatable bonds is 4. The van der Waals surface area contributed by atoms with E-state index in [-0.39, 0.29) is 17.2 Å². The van der Waals surface area contributed by atoms with Crippen LogP contribution in [0.2, 0.25) is 0 Å². The summed E-state index contributed by atoms with van der Waals surface area (Å²) in [5.41, 5.74) is 5.02. The van der Waals surface area contributed by atoms with Crippen molar-refractivity contribution in [3.05, 3.63) is 0 Å². The fourth-order valence-corrected chi connectivity index (χ4v) is 2.62. The summed E-state index contributed by atoms with van der Waals surface area (Å²) in [5, 5.41) is 14.7. The minimum atomic E-state index is -0.740. The summed E-state index contributed by atoms with van der Waals surface area (Å²) in [7, 11) is 2.12. The summed E-state index contributed by atoms with van der Waals surface area (Å²) in [6.45, 7) is 5.01. The molecule has 1 aliphatic heterocycles. The van der Waals surface area contributed by atoms with E-state index >= 15 is 0 Å². The second kappa shape index (κ2) is 5.00. The van der Waals surface area contributed by atoms with Gasteiger partial charge in [0.2, 0.25) is 5.91 Å². The van der Waals surface area contributed by atoms with Gasteiger partial charge in [-0.05, 0) is 51.2 Å². The first kappa shape index (κ1) is 14.1. The maximum absolute atomic E-state index is 12.2. The number of nitrogens with one attached hydrogen (secondary N) is 1. The molecule has 1 heterocycles. The minimum Gasteiger partial charge on any atom is -0.409 e. The van der Waals surface area contributed by atoms with Crippen molar-refractivity contribution < 1.29 is 10.0 Å². The van der Waals surface area contributed by atoms with Crippen LogP contribution in [0.3, 0.4) is 0 Å². The summed E-state index contributed by atoms with van der Waals surface area (Å²) < 4.78 is 0. The van der Waals surface area contributed by atoms with Crippen molar-refractivity contribution in [1.29, 1.82) is 0 Å². The van der Waals surface area contributed by atoms with Crippen molar-refractivity contribution in [2.45, 2.75) is 32.6 Å². The number of hydrogen-bond acceptors (Lipinski definition) is 4. The van der Waals surface area contributed by atoms with Crippen molar-refractivity contribution in [3.63, 3.8) is 0 Å². The highest BCUT2D eigenvalue weighted by Crippen LogP contribution is 2.46. The summed E-state index contributed by atoms with van der Waals surface area (Å²) in [6, 6.07) is 0. The van der Waals surface area contributed by atoms with Crippen LogP contribution in [0, 0.1) is 10.8 Å². The van der Waals surface area contributed by atoms with Crippen LogP contribution in [0.15, 0.2) is 5.16 Å². The Kier molecular flexibility index (Phi) is 3.71. The van der Waals surface area contributed by atoms with E-state index in [9.17, 15) is 4.79 Å². The Morgan fingerprint density at radius 1 is 1.37 bits per heavy atom. The minimum absolute atomic E-state index is 0.0403. The number of carbonyl (C=O) groups excluding carboxylic acids is 1. The second-order valence-electron chi connectivity index (χ2n) is 6.36. The van der Waals surface area contributed by atoms with Crippen LogP contribution in [0.4, 0.5) is 0 Å². The number of carbonyl (C=O) groups is 1. The van der Waals surface area contributed by atoms with Crippen LogP contribution >= 0.6 is 0 Å². The monoisotopic (exact) mass is 268 g/mol. The van der Waals surface area contributed by atoms with E-state index < -0.39 is 5.41 Å². The Balaban J connectivity index is 1.87. The average molecular weight is 268 g/mol. The highest BCUT2D eigenvalue weighted by molar-refractivity contribution is 6.09. The van der Waals surface area contributed by atoms with Crippen molar-refractivity contribution in [1.82, 2.24) is 10.2 Å². The van der Waals surface area contributed by atoms with E-state index in [2.05, 4.69) is 29.3 Å². The first-order chi connectivity index (χ1) is 8.92. The molecule has 0 radical (unpaired) electrons. The Labute approximate surface area is 114 Å². The van der Waals surface area contributed by atoms with Crippen molar-refractivity contribution >= 4 is 11.7 Å². The summed E-state index contributed by atoms with van der Waals surface area (Å²) in [5.74, 6) is -0.0542. The molecular formula is C13H24N4O2. The molecule has 0 aromatic carbocycles. The van der Waals surface area contributed by atoms with Gasteiger partial charge in [-0.25, -0.2) is 0 Å². The quantitative estimate of drug-likeness (QED) is 0.297. The zero-order valence-electron chi connectivity index (χ0n) is 11.8. The summed E-state index contributed by atoms with van der Waals surface area (Å²) in [4.78, 5) is 14.5. The Bertz CT molecular complexity index is 382. The first-order valence-electron chi connectivity index (χ1n) is 6.87. The van der Waals surface area contributed by atoms with E-state index in [0.29, 0.717) is 19.4 Å². The molecule has 1 aliphatic carbocycles. The topological polar surface area (TPSA) is 91.0 Å². The van der Waals surface area contributed by atoms with Gasteiger partial charge in [0.25, 0.3) is 0 Å². The van der Waals surface area contributed by atoms with Crippen LogP contribution in [0.5, 0.6) is 0 Å². The standard InChI is InChI=1S/C13H24N4O2/c1-12(5-7-17(2)8-6-12)9-15-11(18)13(3-4-13)10(14)16-19/h19H,3-9H2,1-2H3,(H2,14,16)(H,15,18). The van der Waals surface area contributed by atoms with Gasteiger partial charge in [-0.3, -0.25) is 4.79 Å². The zero-order chi connectivity index (χ0) is 14.1. The summed E-state index contributed by atoms with van der Waals surface area (Å²) in [6.07, 6.45) is 3.52. The number of amides is 1. The van der Waals surface area contributed by atoms with Crippen molar-refractivity contribution in [3.8, 4) is 0 Å². The molecule has 2 fully saturated rings. The van der Waals surface area contributed by atoms with Crippen molar-refractivity contribution in [2.24, 2.45) is 21.7 Å². The fourth-order valence-electron chi connectivity index (χ4n) is 2.62.